The number of hydrogen-bond acceptors (Lipinski definition) is 3. The smallest absolute Gasteiger partial charge is 0.141 e. The molecular weight excluding hydrogens is 192 g/mol. The van der Waals surface area contributed by atoms with E-state index in [-0.39, 0.29) is 0 Å². The van der Waals surface area contributed by atoms with Crippen molar-refractivity contribution in [1.29, 1.82) is 0 Å². The summed E-state index contributed by atoms with van der Waals surface area (Å²) in [5, 5.41) is 2.95. The maximum absolute atomic E-state index is 4.39. The summed E-state index contributed by atoms with van der Waals surface area (Å²) in [6.07, 6.45) is 3.74. The number of thiazole rings is 1. The number of nitrogens with zero attached hydrogens (tertiary/aromatic N) is 2. The van der Waals surface area contributed by atoms with Crippen molar-refractivity contribution in [2.24, 2.45) is 0 Å². The molecule has 2 aromatic rings. The Morgan fingerprint density at radius 1 is 1.21 bits per heavy atom. The van der Waals surface area contributed by atoms with Crippen molar-refractivity contribution in [2.45, 2.75) is 19.8 Å². The Morgan fingerprint density at radius 3 is 2.57 bits per heavy atom. The van der Waals surface area contributed by atoms with Gasteiger partial charge in [-0.05, 0) is 17.5 Å². The molecule has 0 N–H and O–H groups in total. The van der Waals surface area contributed by atoms with Crippen molar-refractivity contribution in [3.63, 3.8) is 0 Å². The third-order valence-corrected chi connectivity index (χ3v) is 2.90. The average Bonchev–Trinajstić information content (AvgIpc) is 2.71. The molecule has 0 aliphatic heterocycles. The minimum atomic E-state index is 0.535. The fraction of sp³-hybridized carbons (Fsp3) is 0.273. The highest BCUT2D eigenvalue weighted by Crippen LogP contribution is 2.21. The Bertz CT molecular complexity index is 390. The summed E-state index contributed by atoms with van der Waals surface area (Å²) in [6, 6.07) is 4.16. The summed E-state index contributed by atoms with van der Waals surface area (Å²) in [5.74, 6) is 0.535. The summed E-state index contributed by atoms with van der Waals surface area (Å²) in [6.45, 7) is 4.33. The van der Waals surface area contributed by atoms with Gasteiger partial charge in [-0.25, -0.2) is 4.98 Å². The first-order valence-electron chi connectivity index (χ1n) is 4.63. The van der Waals surface area contributed by atoms with E-state index in [1.807, 2.05) is 17.6 Å². The van der Waals surface area contributed by atoms with E-state index in [1.165, 1.54) is 5.56 Å². The lowest BCUT2D eigenvalue weighted by Crippen LogP contribution is -1.89. The molecule has 0 aromatic carbocycles. The van der Waals surface area contributed by atoms with E-state index in [9.17, 15) is 0 Å². The molecule has 0 aliphatic carbocycles. The second kappa shape index (κ2) is 3.88. The molecule has 0 unspecified atom stereocenters. The van der Waals surface area contributed by atoms with Crippen LogP contribution in [-0.2, 0) is 0 Å². The van der Waals surface area contributed by atoms with Crippen LogP contribution in [0.5, 0.6) is 0 Å². The van der Waals surface area contributed by atoms with Crippen LogP contribution in [0.1, 0.15) is 25.3 Å². The maximum Gasteiger partial charge on any atom is 0.141 e. The van der Waals surface area contributed by atoms with E-state index in [0.29, 0.717) is 5.92 Å². The largest absolute Gasteiger partial charge is 0.253 e. The van der Waals surface area contributed by atoms with Gasteiger partial charge in [0.15, 0.2) is 0 Å². The SMILES string of the molecule is CC(C)c1ccc(-c2nccs2)nc1. The van der Waals surface area contributed by atoms with Gasteiger partial charge in [-0.1, -0.05) is 19.9 Å². The summed E-state index contributed by atoms with van der Waals surface area (Å²) >= 11 is 1.62. The molecule has 0 radical (unpaired) electrons. The highest BCUT2D eigenvalue weighted by molar-refractivity contribution is 7.13. The molecule has 3 heteroatoms. The average molecular weight is 204 g/mol. The minimum absolute atomic E-state index is 0.535. The van der Waals surface area contributed by atoms with E-state index in [2.05, 4.69) is 29.9 Å². The molecule has 72 valence electrons. The molecule has 0 fully saturated rings. The zero-order valence-electron chi connectivity index (χ0n) is 8.27. The van der Waals surface area contributed by atoms with Crippen LogP contribution in [0, 0.1) is 0 Å². The van der Waals surface area contributed by atoms with Crippen molar-refractivity contribution in [2.75, 3.05) is 0 Å². The number of pyridine rings is 1. The molecule has 2 rings (SSSR count). The lowest BCUT2D eigenvalue weighted by Gasteiger charge is -2.04. The maximum atomic E-state index is 4.39. The highest BCUT2D eigenvalue weighted by Gasteiger charge is 2.03. The molecule has 2 nitrogen and oxygen atoms in total. The fourth-order valence-corrected chi connectivity index (χ4v) is 1.84. The monoisotopic (exact) mass is 204 g/mol. The molecule has 2 heterocycles. The Morgan fingerprint density at radius 2 is 2.07 bits per heavy atom. The third kappa shape index (κ3) is 1.82. The Labute approximate surface area is 87.7 Å². The predicted molar refractivity (Wildman–Crippen MR) is 59.4 cm³/mol. The van der Waals surface area contributed by atoms with E-state index in [0.717, 1.165) is 10.7 Å². The molecule has 0 saturated heterocycles. The van der Waals surface area contributed by atoms with E-state index in [4.69, 9.17) is 0 Å². The summed E-state index contributed by atoms with van der Waals surface area (Å²) in [5.41, 5.74) is 2.23. The van der Waals surface area contributed by atoms with Crippen molar-refractivity contribution < 1.29 is 0 Å². The molecule has 0 amide bonds. The van der Waals surface area contributed by atoms with Crippen molar-refractivity contribution in [3.05, 3.63) is 35.5 Å². The van der Waals surface area contributed by atoms with E-state index >= 15 is 0 Å². The summed E-state index contributed by atoms with van der Waals surface area (Å²) in [4.78, 5) is 8.61. The van der Waals surface area contributed by atoms with Gasteiger partial charge in [-0.3, -0.25) is 4.98 Å². The Kier molecular flexibility index (Phi) is 2.59. The van der Waals surface area contributed by atoms with Gasteiger partial charge in [0.1, 0.15) is 5.01 Å². The summed E-state index contributed by atoms with van der Waals surface area (Å²) < 4.78 is 0. The Hall–Kier alpha value is -1.22. The third-order valence-electron chi connectivity index (χ3n) is 2.10. The van der Waals surface area contributed by atoms with Crippen LogP contribution in [0.15, 0.2) is 29.9 Å². The summed E-state index contributed by atoms with van der Waals surface area (Å²) in [7, 11) is 0. The van der Waals surface area contributed by atoms with Crippen LogP contribution in [-0.4, -0.2) is 9.97 Å². The number of hydrogen-bond donors (Lipinski definition) is 0. The molecule has 0 atom stereocenters. The quantitative estimate of drug-likeness (QED) is 0.750. The van der Waals surface area contributed by atoms with Gasteiger partial charge in [0.2, 0.25) is 0 Å². The first kappa shape index (κ1) is 9.34. The van der Waals surface area contributed by atoms with Crippen LogP contribution in [0.25, 0.3) is 10.7 Å². The standard InChI is InChI=1S/C11H12N2S/c1-8(2)9-3-4-10(13-7-9)11-12-5-6-14-11/h3-8H,1-2H3. The fourth-order valence-electron chi connectivity index (χ4n) is 1.22. The normalized spacial score (nSPS) is 10.8. The molecule has 2 aromatic heterocycles. The van der Waals surface area contributed by atoms with Gasteiger partial charge in [0.25, 0.3) is 0 Å². The topological polar surface area (TPSA) is 25.8 Å². The van der Waals surface area contributed by atoms with Gasteiger partial charge in [-0.2, -0.15) is 0 Å². The molecule has 0 bridgehead atoms. The van der Waals surface area contributed by atoms with Crippen LogP contribution < -0.4 is 0 Å². The van der Waals surface area contributed by atoms with Crippen LogP contribution in [0.4, 0.5) is 0 Å². The molecule has 0 saturated carbocycles. The van der Waals surface area contributed by atoms with Gasteiger partial charge < -0.3 is 0 Å². The van der Waals surface area contributed by atoms with E-state index in [1.54, 1.807) is 17.5 Å². The second-order valence-corrected chi connectivity index (χ2v) is 4.36. The predicted octanol–water partition coefficient (Wildman–Crippen LogP) is 3.33. The first-order chi connectivity index (χ1) is 6.77. The van der Waals surface area contributed by atoms with Gasteiger partial charge in [0.05, 0.1) is 5.69 Å². The van der Waals surface area contributed by atoms with Gasteiger partial charge >= 0.3 is 0 Å². The molecular formula is C11H12N2S. The molecule has 14 heavy (non-hydrogen) atoms. The lowest BCUT2D eigenvalue weighted by molar-refractivity contribution is 0.859. The van der Waals surface area contributed by atoms with Crippen LogP contribution in [0.3, 0.4) is 0 Å². The van der Waals surface area contributed by atoms with Crippen molar-refractivity contribution >= 4 is 11.3 Å². The van der Waals surface area contributed by atoms with Gasteiger partial charge in [0, 0.05) is 17.8 Å². The number of rotatable bonds is 2. The van der Waals surface area contributed by atoms with Gasteiger partial charge in [-0.15, -0.1) is 11.3 Å². The molecule has 0 aliphatic rings. The second-order valence-electron chi connectivity index (χ2n) is 3.47. The van der Waals surface area contributed by atoms with Crippen molar-refractivity contribution in [1.82, 2.24) is 9.97 Å². The first-order valence-corrected chi connectivity index (χ1v) is 5.51. The zero-order valence-corrected chi connectivity index (χ0v) is 9.08. The Balaban J connectivity index is 2.31. The van der Waals surface area contributed by atoms with Crippen LogP contribution in [0.2, 0.25) is 0 Å². The van der Waals surface area contributed by atoms with Crippen molar-refractivity contribution in [3.8, 4) is 10.7 Å². The molecule has 0 spiro atoms. The van der Waals surface area contributed by atoms with E-state index < -0.39 is 0 Å². The minimum Gasteiger partial charge on any atom is -0.253 e. The van der Waals surface area contributed by atoms with Crippen LogP contribution >= 0.6 is 11.3 Å². The zero-order chi connectivity index (χ0) is 9.97. The lowest BCUT2D eigenvalue weighted by atomic mass is 10.1. The number of aromatic nitrogens is 2. The highest BCUT2D eigenvalue weighted by atomic mass is 32.1.